The molecule has 0 N–H and O–H groups in total. The molecular weight excluding hydrogens is 306 g/mol. The molecule has 4 heteroatoms. The van der Waals surface area contributed by atoms with Crippen LogP contribution in [-0.4, -0.2) is 11.6 Å². The van der Waals surface area contributed by atoms with E-state index in [1.807, 2.05) is 37.3 Å². The van der Waals surface area contributed by atoms with Crippen molar-refractivity contribution in [2.45, 2.75) is 20.3 Å². The Morgan fingerprint density at radius 1 is 1.21 bits per heavy atom. The molecule has 2 aromatic rings. The summed E-state index contributed by atoms with van der Waals surface area (Å²) in [5.74, 6) is 1.95. The lowest BCUT2D eigenvalue weighted by molar-refractivity contribution is 0.298. The highest BCUT2D eigenvalue weighted by Gasteiger charge is 2.09. The van der Waals surface area contributed by atoms with Crippen molar-refractivity contribution >= 4 is 15.9 Å². The predicted octanol–water partition coefficient (Wildman–Crippen LogP) is 4.73. The molecule has 0 radical (unpaired) electrons. The van der Waals surface area contributed by atoms with Crippen molar-refractivity contribution in [3.63, 3.8) is 0 Å². The van der Waals surface area contributed by atoms with E-state index in [1.165, 1.54) is 0 Å². The first-order chi connectivity index (χ1) is 9.20. The van der Waals surface area contributed by atoms with Crippen LogP contribution in [0, 0.1) is 6.92 Å². The maximum Gasteiger partial charge on any atom is 0.262 e. The van der Waals surface area contributed by atoms with Crippen LogP contribution in [0.25, 0.3) is 0 Å². The van der Waals surface area contributed by atoms with Crippen LogP contribution in [0.3, 0.4) is 0 Å². The highest BCUT2D eigenvalue weighted by atomic mass is 79.9. The van der Waals surface area contributed by atoms with Gasteiger partial charge in [-0.15, -0.1) is 0 Å². The van der Waals surface area contributed by atoms with Crippen molar-refractivity contribution < 1.29 is 9.47 Å². The molecule has 2 rings (SSSR count). The van der Waals surface area contributed by atoms with Crippen LogP contribution in [0.2, 0.25) is 0 Å². The summed E-state index contributed by atoms with van der Waals surface area (Å²) in [5.41, 5.74) is 1.04. The van der Waals surface area contributed by atoms with Gasteiger partial charge in [0.1, 0.15) is 5.75 Å². The van der Waals surface area contributed by atoms with Crippen molar-refractivity contribution in [1.82, 2.24) is 4.98 Å². The molecule has 0 aliphatic heterocycles. The fraction of sp³-hybridized carbons (Fsp3) is 0.267. The average molecular weight is 322 g/mol. The molecule has 0 saturated carbocycles. The Labute approximate surface area is 121 Å². The maximum atomic E-state index is 5.84. The van der Waals surface area contributed by atoms with Crippen LogP contribution in [0.5, 0.6) is 17.4 Å². The average Bonchev–Trinajstić information content (AvgIpc) is 2.41. The second-order valence-corrected chi connectivity index (χ2v) is 5.08. The van der Waals surface area contributed by atoms with Gasteiger partial charge in [0.2, 0.25) is 0 Å². The third-order valence-electron chi connectivity index (χ3n) is 2.54. The van der Waals surface area contributed by atoms with Gasteiger partial charge in [0.15, 0.2) is 5.75 Å². The quantitative estimate of drug-likeness (QED) is 0.797. The van der Waals surface area contributed by atoms with E-state index in [-0.39, 0.29) is 0 Å². The number of hydrogen-bond acceptors (Lipinski definition) is 3. The summed E-state index contributed by atoms with van der Waals surface area (Å²) >= 11 is 3.43. The van der Waals surface area contributed by atoms with Gasteiger partial charge in [0, 0.05) is 10.7 Å². The monoisotopic (exact) mass is 321 g/mol. The molecule has 100 valence electrons. The van der Waals surface area contributed by atoms with Gasteiger partial charge in [-0.1, -0.05) is 22.9 Å². The van der Waals surface area contributed by atoms with Crippen LogP contribution in [0.15, 0.2) is 41.0 Å². The van der Waals surface area contributed by atoms with Gasteiger partial charge in [0.25, 0.3) is 5.88 Å². The summed E-state index contributed by atoms with van der Waals surface area (Å²) in [4.78, 5) is 4.23. The van der Waals surface area contributed by atoms with Gasteiger partial charge >= 0.3 is 0 Å². The summed E-state index contributed by atoms with van der Waals surface area (Å²) in [6.45, 7) is 4.72. The molecule has 1 aromatic heterocycles. The molecule has 0 bridgehead atoms. The van der Waals surface area contributed by atoms with E-state index in [0.717, 1.165) is 22.2 Å². The van der Waals surface area contributed by atoms with Gasteiger partial charge in [-0.3, -0.25) is 0 Å². The Morgan fingerprint density at radius 2 is 2.05 bits per heavy atom. The molecule has 0 atom stereocenters. The highest BCUT2D eigenvalue weighted by Crippen LogP contribution is 2.31. The SMILES string of the molecule is CCCOc1cccnc1Oc1ccc(Br)cc1C. The summed E-state index contributed by atoms with van der Waals surface area (Å²) in [6.07, 6.45) is 2.65. The minimum absolute atomic E-state index is 0.501. The number of pyridine rings is 1. The lowest BCUT2D eigenvalue weighted by Gasteiger charge is -2.12. The van der Waals surface area contributed by atoms with E-state index >= 15 is 0 Å². The number of rotatable bonds is 5. The van der Waals surface area contributed by atoms with Crippen LogP contribution in [-0.2, 0) is 0 Å². The number of hydrogen-bond donors (Lipinski definition) is 0. The van der Waals surface area contributed by atoms with Crippen molar-refractivity contribution in [3.8, 4) is 17.4 Å². The van der Waals surface area contributed by atoms with E-state index < -0.39 is 0 Å². The molecule has 0 aliphatic rings. The number of ether oxygens (including phenoxy) is 2. The van der Waals surface area contributed by atoms with Gasteiger partial charge in [0.05, 0.1) is 6.61 Å². The molecular formula is C15H16BrNO2. The predicted molar refractivity (Wildman–Crippen MR) is 79.0 cm³/mol. The first-order valence-electron chi connectivity index (χ1n) is 6.22. The van der Waals surface area contributed by atoms with Crippen LogP contribution >= 0.6 is 15.9 Å². The van der Waals surface area contributed by atoms with E-state index in [4.69, 9.17) is 9.47 Å². The smallest absolute Gasteiger partial charge is 0.262 e. The van der Waals surface area contributed by atoms with E-state index in [9.17, 15) is 0 Å². The normalized spacial score (nSPS) is 10.3. The second-order valence-electron chi connectivity index (χ2n) is 4.17. The third kappa shape index (κ3) is 3.70. The number of aromatic nitrogens is 1. The molecule has 0 unspecified atom stereocenters. The maximum absolute atomic E-state index is 5.84. The Bertz CT molecular complexity index is 558. The molecule has 0 aliphatic carbocycles. The Morgan fingerprint density at radius 3 is 2.79 bits per heavy atom. The lowest BCUT2D eigenvalue weighted by Crippen LogP contribution is -1.99. The van der Waals surface area contributed by atoms with Crippen molar-refractivity contribution in [2.24, 2.45) is 0 Å². The third-order valence-corrected chi connectivity index (χ3v) is 3.03. The fourth-order valence-corrected chi connectivity index (χ4v) is 2.08. The first kappa shape index (κ1) is 13.9. The Balaban J connectivity index is 2.22. The molecule has 19 heavy (non-hydrogen) atoms. The van der Waals surface area contributed by atoms with Crippen LogP contribution in [0.1, 0.15) is 18.9 Å². The van der Waals surface area contributed by atoms with Gasteiger partial charge < -0.3 is 9.47 Å². The molecule has 0 amide bonds. The minimum atomic E-state index is 0.501. The van der Waals surface area contributed by atoms with Crippen molar-refractivity contribution in [2.75, 3.05) is 6.61 Å². The Kier molecular flexibility index (Phi) is 4.80. The van der Waals surface area contributed by atoms with Gasteiger partial charge in [-0.05, 0) is 49.2 Å². The summed E-state index contributed by atoms with van der Waals surface area (Å²) < 4.78 is 12.5. The Hall–Kier alpha value is -1.55. The van der Waals surface area contributed by atoms with Crippen molar-refractivity contribution in [3.05, 3.63) is 46.6 Å². The zero-order valence-corrected chi connectivity index (χ0v) is 12.6. The molecule has 1 heterocycles. The fourth-order valence-electron chi connectivity index (χ4n) is 1.61. The van der Waals surface area contributed by atoms with E-state index in [0.29, 0.717) is 18.2 Å². The first-order valence-corrected chi connectivity index (χ1v) is 7.02. The van der Waals surface area contributed by atoms with Gasteiger partial charge in [-0.25, -0.2) is 4.98 Å². The topological polar surface area (TPSA) is 31.4 Å². The number of halogens is 1. The molecule has 3 nitrogen and oxygen atoms in total. The van der Waals surface area contributed by atoms with Crippen LogP contribution < -0.4 is 9.47 Å². The number of nitrogens with zero attached hydrogens (tertiary/aromatic N) is 1. The standard InChI is InChI=1S/C15H16BrNO2/c1-3-9-18-14-5-4-8-17-15(14)19-13-7-6-12(16)10-11(13)2/h4-8,10H,3,9H2,1-2H3. The zero-order chi connectivity index (χ0) is 13.7. The van der Waals surface area contributed by atoms with Crippen molar-refractivity contribution in [1.29, 1.82) is 0 Å². The summed E-state index contributed by atoms with van der Waals surface area (Å²) in [6, 6.07) is 9.57. The molecule has 1 aromatic carbocycles. The van der Waals surface area contributed by atoms with Crippen LogP contribution in [0.4, 0.5) is 0 Å². The molecule has 0 spiro atoms. The second kappa shape index (κ2) is 6.57. The van der Waals surface area contributed by atoms with E-state index in [1.54, 1.807) is 6.20 Å². The largest absolute Gasteiger partial charge is 0.488 e. The molecule has 0 fully saturated rings. The summed E-state index contributed by atoms with van der Waals surface area (Å²) in [5, 5.41) is 0. The lowest BCUT2D eigenvalue weighted by atomic mass is 10.2. The highest BCUT2D eigenvalue weighted by molar-refractivity contribution is 9.10. The summed E-state index contributed by atoms with van der Waals surface area (Å²) in [7, 11) is 0. The number of benzene rings is 1. The molecule has 0 saturated heterocycles. The van der Waals surface area contributed by atoms with Gasteiger partial charge in [-0.2, -0.15) is 0 Å². The number of aryl methyl sites for hydroxylation is 1. The van der Waals surface area contributed by atoms with E-state index in [2.05, 4.69) is 27.8 Å². The minimum Gasteiger partial charge on any atom is -0.488 e. The zero-order valence-electron chi connectivity index (χ0n) is 11.0.